The lowest BCUT2D eigenvalue weighted by atomic mass is 9.87. The molecule has 0 spiro atoms. The van der Waals surface area contributed by atoms with Crippen LogP contribution in [0, 0.1) is 0 Å². The zero-order valence-electron chi connectivity index (χ0n) is 12.8. The number of thioether (sulfide) groups is 1. The normalized spacial score (nSPS) is 17.8. The number of benzene rings is 1. The molecule has 0 aliphatic heterocycles. The van der Waals surface area contributed by atoms with Crippen LogP contribution in [0.5, 0.6) is 5.75 Å². The second-order valence-corrected chi connectivity index (χ2v) is 6.40. The highest BCUT2D eigenvalue weighted by atomic mass is 32.2. The quantitative estimate of drug-likeness (QED) is 0.726. The maximum atomic E-state index is 6.02. The van der Waals surface area contributed by atoms with Crippen LogP contribution in [0.15, 0.2) is 18.2 Å². The molecule has 20 heavy (non-hydrogen) atoms. The van der Waals surface area contributed by atoms with E-state index in [-0.39, 0.29) is 0 Å². The lowest BCUT2D eigenvalue weighted by Gasteiger charge is -2.28. The zero-order chi connectivity index (χ0) is 14.2. The molecule has 112 valence electrons. The van der Waals surface area contributed by atoms with Gasteiger partial charge in [0.15, 0.2) is 0 Å². The molecule has 0 saturated carbocycles. The van der Waals surface area contributed by atoms with Crippen molar-refractivity contribution in [3.63, 3.8) is 0 Å². The summed E-state index contributed by atoms with van der Waals surface area (Å²) in [4.78, 5) is 0. The highest BCUT2D eigenvalue weighted by Crippen LogP contribution is 2.35. The topological polar surface area (TPSA) is 21.3 Å². The van der Waals surface area contributed by atoms with Crippen molar-refractivity contribution in [2.24, 2.45) is 0 Å². The number of ether oxygens (including phenoxy) is 1. The zero-order valence-corrected chi connectivity index (χ0v) is 13.6. The summed E-state index contributed by atoms with van der Waals surface area (Å²) < 4.78 is 6.02. The number of hydrogen-bond acceptors (Lipinski definition) is 3. The van der Waals surface area contributed by atoms with Crippen LogP contribution in [0.1, 0.15) is 49.8 Å². The maximum Gasteiger partial charge on any atom is 0.122 e. The molecular weight excluding hydrogens is 266 g/mol. The molecule has 0 saturated heterocycles. The van der Waals surface area contributed by atoms with Gasteiger partial charge in [0.25, 0.3) is 0 Å². The monoisotopic (exact) mass is 293 g/mol. The van der Waals surface area contributed by atoms with Gasteiger partial charge in [0, 0.05) is 6.04 Å². The molecule has 1 aliphatic carbocycles. The Morgan fingerprint density at radius 1 is 1.40 bits per heavy atom. The van der Waals surface area contributed by atoms with Gasteiger partial charge in [-0.25, -0.2) is 0 Å². The van der Waals surface area contributed by atoms with E-state index in [9.17, 15) is 0 Å². The molecule has 1 aromatic rings. The molecule has 0 fully saturated rings. The van der Waals surface area contributed by atoms with Gasteiger partial charge in [-0.1, -0.05) is 19.1 Å². The highest BCUT2D eigenvalue weighted by molar-refractivity contribution is 7.98. The molecule has 1 atom stereocenters. The van der Waals surface area contributed by atoms with Crippen LogP contribution >= 0.6 is 11.8 Å². The third kappa shape index (κ3) is 4.16. The van der Waals surface area contributed by atoms with Gasteiger partial charge in [0.05, 0.1) is 6.61 Å². The second kappa shape index (κ2) is 8.58. The van der Waals surface area contributed by atoms with Crippen molar-refractivity contribution in [1.29, 1.82) is 0 Å². The van der Waals surface area contributed by atoms with Crippen LogP contribution in [0.25, 0.3) is 0 Å². The van der Waals surface area contributed by atoms with Gasteiger partial charge in [-0.15, -0.1) is 0 Å². The van der Waals surface area contributed by atoms with E-state index in [4.69, 9.17) is 4.74 Å². The molecule has 1 N–H and O–H groups in total. The Bertz CT molecular complexity index is 408. The Balaban J connectivity index is 2.04. The Hall–Kier alpha value is -0.670. The van der Waals surface area contributed by atoms with E-state index in [1.54, 1.807) is 0 Å². The smallest absolute Gasteiger partial charge is 0.122 e. The summed E-state index contributed by atoms with van der Waals surface area (Å²) in [6.07, 6.45) is 8.15. The first-order valence-electron chi connectivity index (χ1n) is 7.83. The van der Waals surface area contributed by atoms with Gasteiger partial charge in [-0.3, -0.25) is 0 Å². The summed E-state index contributed by atoms with van der Waals surface area (Å²) in [6.45, 7) is 4.16. The second-order valence-electron chi connectivity index (χ2n) is 5.42. The Kier molecular flexibility index (Phi) is 6.74. The number of hydrogen-bond donors (Lipinski definition) is 1. The summed E-state index contributed by atoms with van der Waals surface area (Å²) >= 11 is 1.89. The minimum absolute atomic E-state index is 0.522. The van der Waals surface area contributed by atoms with E-state index in [2.05, 4.69) is 36.7 Å². The molecule has 3 heteroatoms. The number of nitrogens with one attached hydrogen (secondary N) is 1. The van der Waals surface area contributed by atoms with E-state index in [0.717, 1.165) is 25.3 Å². The SMILES string of the molecule is CCCNC1CCCc2c(OCCCSC)cccc21. The van der Waals surface area contributed by atoms with Gasteiger partial charge in [0.1, 0.15) is 5.75 Å². The van der Waals surface area contributed by atoms with Crippen LogP contribution in [0.2, 0.25) is 0 Å². The summed E-state index contributed by atoms with van der Waals surface area (Å²) in [7, 11) is 0. The third-order valence-corrected chi connectivity index (χ3v) is 4.55. The fourth-order valence-corrected chi connectivity index (χ4v) is 3.27. The molecule has 0 aromatic heterocycles. The van der Waals surface area contributed by atoms with Crippen LogP contribution in [0.4, 0.5) is 0 Å². The first-order chi connectivity index (χ1) is 9.86. The molecular formula is C17H27NOS. The number of fused-ring (bicyclic) bond motifs is 1. The molecule has 1 aliphatic rings. The molecule has 1 aromatic carbocycles. The Morgan fingerprint density at radius 3 is 3.10 bits per heavy atom. The maximum absolute atomic E-state index is 6.02. The Morgan fingerprint density at radius 2 is 2.30 bits per heavy atom. The molecule has 0 heterocycles. The van der Waals surface area contributed by atoms with E-state index >= 15 is 0 Å². The van der Waals surface area contributed by atoms with Crippen LogP contribution in [-0.2, 0) is 6.42 Å². The summed E-state index contributed by atoms with van der Waals surface area (Å²) in [5, 5.41) is 3.67. The van der Waals surface area contributed by atoms with Crippen molar-refractivity contribution < 1.29 is 4.74 Å². The van der Waals surface area contributed by atoms with Gasteiger partial charge in [-0.2, -0.15) is 11.8 Å². The van der Waals surface area contributed by atoms with Crippen molar-refractivity contribution in [3.05, 3.63) is 29.3 Å². The predicted molar refractivity (Wildman–Crippen MR) is 88.9 cm³/mol. The summed E-state index contributed by atoms with van der Waals surface area (Å²) in [5.74, 6) is 2.29. The Labute approximate surface area is 127 Å². The molecule has 2 nitrogen and oxygen atoms in total. The van der Waals surface area contributed by atoms with Crippen LogP contribution in [0.3, 0.4) is 0 Å². The average Bonchev–Trinajstić information content (AvgIpc) is 2.49. The first kappa shape index (κ1) is 15.7. The largest absolute Gasteiger partial charge is 0.493 e. The molecule has 2 rings (SSSR count). The van der Waals surface area contributed by atoms with Gasteiger partial charge >= 0.3 is 0 Å². The van der Waals surface area contributed by atoms with Crippen LogP contribution < -0.4 is 10.1 Å². The first-order valence-corrected chi connectivity index (χ1v) is 9.23. The lowest BCUT2D eigenvalue weighted by molar-refractivity contribution is 0.311. The third-order valence-electron chi connectivity index (χ3n) is 3.86. The van der Waals surface area contributed by atoms with E-state index in [0.29, 0.717) is 6.04 Å². The molecule has 0 radical (unpaired) electrons. The number of rotatable bonds is 8. The van der Waals surface area contributed by atoms with Crippen molar-refractivity contribution >= 4 is 11.8 Å². The van der Waals surface area contributed by atoms with E-state index in [1.165, 1.54) is 42.6 Å². The molecule has 0 bridgehead atoms. The van der Waals surface area contributed by atoms with Crippen molar-refractivity contribution in [1.82, 2.24) is 5.32 Å². The van der Waals surface area contributed by atoms with Gasteiger partial charge in [0.2, 0.25) is 0 Å². The predicted octanol–water partition coefficient (Wildman–Crippen LogP) is 4.20. The molecule has 0 amide bonds. The molecule has 1 unspecified atom stereocenters. The minimum Gasteiger partial charge on any atom is -0.493 e. The van der Waals surface area contributed by atoms with E-state index < -0.39 is 0 Å². The fourth-order valence-electron chi connectivity index (χ4n) is 2.87. The summed E-state index contributed by atoms with van der Waals surface area (Å²) in [5.41, 5.74) is 2.91. The van der Waals surface area contributed by atoms with E-state index in [1.807, 2.05) is 11.8 Å². The van der Waals surface area contributed by atoms with Crippen molar-refractivity contribution in [3.8, 4) is 5.75 Å². The average molecular weight is 293 g/mol. The van der Waals surface area contributed by atoms with Gasteiger partial charge < -0.3 is 10.1 Å². The highest BCUT2D eigenvalue weighted by Gasteiger charge is 2.22. The van der Waals surface area contributed by atoms with Crippen molar-refractivity contribution in [2.75, 3.05) is 25.2 Å². The fraction of sp³-hybridized carbons (Fsp3) is 0.647. The minimum atomic E-state index is 0.522. The summed E-state index contributed by atoms with van der Waals surface area (Å²) in [6, 6.07) is 7.08. The standard InChI is InChI=1S/C17H27NOS/c1-3-11-18-16-9-4-8-15-14(16)7-5-10-17(15)19-12-6-13-20-2/h5,7,10,16,18H,3-4,6,8-9,11-13H2,1-2H3. The lowest BCUT2D eigenvalue weighted by Crippen LogP contribution is -2.26. The van der Waals surface area contributed by atoms with Crippen molar-refractivity contribution in [2.45, 2.75) is 45.1 Å². The van der Waals surface area contributed by atoms with Crippen LogP contribution in [-0.4, -0.2) is 25.2 Å². The van der Waals surface area contributed by atoms with Gasteiger partial charge in [-0.05, 0) is 67.9 Å².